The molecule has 0 aliphatic heterocycles. The van der Waals surface area contributed by atoms with Gasteiger partial charge < -0.3 is 0 Å². The molecule has 5 heavy (non-hydrogen) atoms. The molecule has 0 aliphatic rings. The minimum absolute atomic E-state index is 0. The van der Waals surface area contributed by atoms with Crippen molar-refractivity contribution in [2.75, 3.05) is 0 Å². The van der Waals surface area contributed by atoms with Crippen molar-refractivity contribution >= 4 is 40.8 Å². The molecule has 0 fully saturated rings. The first-order valence-corrected chi connectivity index (χ1v) is 0. The summed E-state index contributed by atoms with van der Waals surface area (Å²) in [5.41, 5.74) is 0. The van der Waals surface area contributed by atoms with Gasteiger partial charge >= 0.3 is 27.3 Å². The Hall–Kier alpha value is 3.16. The van der Waals surface area contributed by atoms with Gasteiger partial charge in [-0.05, 0) is 0 Å². The van der Waals surface area contributed by atoms with Crippen LogP contribution in [0.5, 0.6) is 0 Å². The molecule has 0 unspecified atom stereocenters. The minimum atomic E-state index is 0. The van der Waals surface area contributed by atoms with Crippen LogP contribution < -0.4 is 0 Å². The van der Waals surface area contributed by atoms with Crippen LogP contribution in [-0.2, 0) is 58.9 Å². The van der Waals surface area contributed by atoms with E-state index in [0.717, 1.165) is 0 Å². The van der Waals surface area contributed by atoms with Crippen molar-refractivity contribution < 1.29 is 58.9 Å². The summed E-state index contributed by atoms with van der Waals surface area (Å²) in [6.45, 7) is 0. The molecule has 0 saturated heterocycles. The van der Waals surface area contributed by atoms with Crippen LogP contribution in [0.15, 0.2) is 0 Å². The van der Waals surface area contributed by atoms with E-state index in [0.29, 0.717) is 0 Å². The zero-order valence-electron chi connectivity index (χ0n) is 2.59. The monoisotopic (exact) mass is 470 g/mol. The molecule has 0 heterocycles. The standard InChI is InChI=1S/Ag.Mn.Pb.H2S.Zn.2H/h;;;1H2;;;. The van der Waals surface area contributed by atoms with Crippen LogP contribution in [0.1, 0.15) is 0 Å². The Morgan fingerprint density at radius 3 is 1.00 bits per heavy atom. The molecule has 5 heteroatoms. The topological polar surface area (TPSA) is 0 Å². The summed E-state index contributed by atoms with van der Waals surface area (Å²) in [5, 5.41) is 0. The largest absolute Gasteiger partial charge is 0 e. The van der Waals surface area contributed by atoms with Crippen molar-refractivity contribution in [3.05, 3.63) is 0 Å². The molecule has 0 N–H and O–H groups in total. The van der Waals surface area contributed by atoms with E-state index >= 15 is 0 Å². The number of rotatable bonds is 0. The molecule has 0 nitrogen and oxygen atoms in total. The van der Waals surface area contributed by atoms with Gasteiger partial charge in [0, 0.05) is 58.9 Å². The molecule has 34 valence electrons. The second-order valence-electron chi connectivity index (χ2n) is 0. The summed E-state index contributed by atoms with van der Waals surface area (Å²) < 4.78 is 0. The van der Waals surface area contributed by atoms with E-state index in [1.807, 2.05) is 0 Å². The van der Waals surface area contributed by atoms with Gasteiger partial charge in [-0.25, -0.2) is 0 Å². The second-order valence-corrected chi connectivity index (χ2v) is 0. The van der Waals surface area contributed by atoms with E-state index < -0.39 is 0 Å². The van der Waals surface area contributed by atoms with Gasteiger partial charge in [-0.2, -0.15) is 13.5 Å². The van der Waals surface area contributed by atoms with Crippen molar-refractivity contribution in [1.29, 1.82) is 0 Å². The summed E-state index contributed by atoms with van der Waals surface area (Å²) in [6.07, 6.45) is 0. The van der Waals surface area contributed by atoms with E-state index in [4.69, 9.17) is 0 Å². The normalized spacial score (nSPS) is 0. The number of hydrogen-bond donors (Lipinski definition) is 0. The van der Waals surface area contributed by atoms with Crippen LogP contribution in [0.4, 0.5) is 0 Å². The molecule has 0 bridgehead atoms. The fourth-order valence-electron chi connectivity index (χ4n) is 0. The SMILES string of the molecule is S.[Ag].[Mn].[PbH2].[Zn]. The van der Waals surface area contributed by atoms with Crippen LogP contribution in [0, 0.1) is 0 Å². The molecular weight excluding hydrogens is 467 g/mol. The first-order valence-electron chi connectivity index (χ1n) is 0. The Kier molecular flexibility index (Phi) is 228. The Morgan fingerprint density at radius 1 is 1.00 bits per heavy atom. The van der Waals surface area contributed by atoms with Gasteiger partial charge in [0.2, 0.25) is 0 Å². The number of hydrogen-bond acceptors (Lipinski definition) is 0. The zero-order chi connectivity index (χ0) is 0. The third-order valence-corrected chi connectivity index (χ3v) is 0. The molecule has 0 rings (SSSR count). The van der Waals surface area contributed by atoms with Crippen molar-refractivity contribution in [1.82, 2.24) is 0 Å². The maximum atomic E-state index is 0. The first kappa shape index (κ1) is 41.9. The molecule has 0 aromatic carbocycles. The van der Waals surface area contributed by atoms with E-state index in [-0.39, 0.29) is 99.7 Å². The van der Waals surface area contributed by atoms with E-state index in [1.54, 1.807) is 0 Å². The zero-order valence-corrected chi connectivity index (χ0v) is 14.7. The fourth-order valence-corrected chi connectivity index (χ4v) is 0. The molecule has 0 spiro atoms. The van der Waals surface area contributed by atoms with Crippen molar-refractivity contribution in [3.8, 4) is 0 Å². The molecular formula is H4AgMnPbSZn. The molecule has 0 amide bonds. The van der Waals surface area contributed by atoms with E-state index in [2.05, 4.69) is 0 Å². The second kappa shape index (κ2) is 27.2. The third kappa shape index (κ3) is 19.1. The van der Waals surface area contributed by atoms with Crippen LogP contribution in [-0.4, -0.2) is 27.3 Å². The Balaban J connectivity index is 0. The van der Waals surface area contributed by atoms with Crippen LogP contribution in [0.2, 0.25) is 0 Å². The average molecular weight is 471 g/mol. The van der Waals surface area contributed by atoms with Gasteiger partial charge in [0.05, 0.1) is 0 Å². The van der Waals surface area contributed by atoms with Gasteiger partial charge in [0.15, 0.2) is 0 Å². The maximum Gasteiger partial charge on any atom is 0 e. The Bertz CT molecular complexity index is 11.6. The predicted octanol–water partition coefficient (Wildman–Crippen LogP) is -0.811. The summed E-state index contributed by atoms with van der Waals surface area (Å²) >= 11 is 0. The molecule has 0 saturated carbocycles. The smallest absolute Gasteiger partial charge is 0 e. The van der Waals surface area contributed by atoms with Gasteiger partial charge in [0.25, 0.3) is 0 Å². The maximum absolute atomic E-state index is 0. The predicted molar refractivity (Wildman–Crippen MR) is 18.9 cm³/mol. The summed E-state index contributed by atoms with van der Waals surface area (Å²) in [4.78, 5) is 0. The molecule has 0 aromatic heterocycles. The van der Waals surface area contributed by atoms with Crippen LogP contribution in [0.25, 0.3) is 0 Å². The quantitative estimate of drug-likeness (QED) is 0.406. The van der Waals surface area contributed by atoms with Gasteiger partial charge in [-0.3, -0.25) is 0 Å². The van der Waals surface area contributed by atoms with Crippen LogP contribution in [0.3, 0.4) is 0 Å². The minimum Gasteiger partial charge on any atom is 0 e. The van der Waals surface area contributed by atoms with Crippen molar-refractivity contribution in [2.45, 2.75) is 0 Å². The molecule has 0 atom stereocenters. The average Bonchev–Trinajstić information content (AvgIpc) is 0. The summed E-state index contributed by atoms with van der Waals surface area (Å²) in [6, 6.07) is 0. The first-order chi connectivity index (χ1) is 0. The van der Waals surface area contributed by atoms with Gasteiger partial charge in [-0.1, -0.05) is 0 Å². The van der Waals surface area contributed by atoms with Gasteiger partial charge in [0.1, 0.15) is 0 Å². The van der Waals surface area contributed by atoms with Crippen molar-refractivity contribution in [2.24, 2.45) is 0 Å². The van der Waals surface area contributed by atoms with Crippen LogP contribution >= 0.6 is 13.5 Å². The summed E-state index contributed by atoms with van der Waals surface area (Å²) in [5.74, 6) is 0. The molecule has 4 radical (unpaired) electrons. The molecule has 0 aliphatic carbocycles. The third-order valence-electron chi connectivity index (χ3n) is 0. The Morgan fingerprint density at radius 2 is 1.00 bits per heavy atom. The van der Waals surface area contributed by atoms with Crippen molar-refractivity contribution in [3.63, 3.8) is 0 Å². The van der Waals surface area contributed by atoms with Gasteiger partial charge in [-0.15, -0.1) is 0 Å². The Labute approximate surface area is 98.0 Å². The molecule has 0 aromatic rings. The fraction of sp³-hybridized carbons (Fsp3) is 0. The summed E-state index contributed by atoms with van der Waals surface area (Å²) in [7, 11) is 0. The van der Waals surface area contributed by atoms with E-state index in [1.165, 1.54) is 0 Å². The van der Waals surface area contributed by atoms with E-state index in [9.17, 15) is 0 Å².